The topological polar surface area (TPSA) is 0 Å². The first-order valence-corrected chi connectivity index (χ1v) is 14.9. The van der Waals surface area contributed by atoms with Crippen molar-refractivity contribution in [1.29, 1.82) is 0 Å². The third-order valence-corrected chi connectivity index (χ3v) is 4.06. The van der Waals surface area contributed by atoms with Crippen LogP contribution in [0.3, 0.4) is 0 Å². The first kappa shape index (κ1) is 25.7. The van der Waals surface area contributed by atoms with Gasteiger partial charge in [-0.3, -0.25) is 0 Å². The van der Waals surface area contributed by atoms with Gasteiger partial charge in [-0.1, -0.05) is 68.3 Å². The smallest absolute Gasteiger partial charge is 1.00 e. The van der Waals surface area contributed by atoms with Crippen molar-refractivity contribution in [1.82, 2.24) is 0 Å². The van der Waals surface area contributed by atoms with E-state index in [9.17, 15) is 0 Å². The molecule has 3 aromatic carbocycles. The van der Waals surface area contributed by atoms with Crippen LogP contribution in [0.25, 0.3) is 21.9 Å². The fourth-order valence-corrected chi connectivity index (χ4v) is 2.80. The van der Waals surface area contributed by atoms with Crippen LogP contribution < -0.4 is 24.8 Å². The molecule has 0 fully saturated rings. The van der Waals surface area contributed by atoms with E-state index in [0.29, 0.717) is 5.92 Å². The molecule has 3 rings (SSSR count). The Morgan fingerprint density at radius 2 is 1.58 bits per heavy atom. The van der Waals surface area contributed by atoms with Crippen LogP contribution in [0.15, 0.2) is 54.6 Å². The van der Waals surface area contributed by atoms with Gasteiger partial charge in [-0.2, -0.15) is 6.07 Å². The number of rotatable bonds is 3. The van der Waals surface area contributed by atoms with Crippen LogP contribution in [0.2, 0.25) is 13.1 Å². The van der Waals surface area contributed by atoms with Crippen LogP contribution in [0.1, 0.15) is 37.8 Å². The van der Waals surface area contributed by atoms with E-state index in [1.165, 1.54) is 33.0 Å². The Bertz CT molecular complexity index is 819. The molecule has 0 aliphatic carbocycles. The van der Waals surface area contributed by atoms with E-state index in [1.54, 1.807) is 23.3 Å². The summed E-state index contributed by atoms with van der Waals surface area (Å²) >= 11 is 1.74. The first-order chi connectivity index (χ1) is 11.4. The summed E-state index contributed by atoms with van der Waals surface area (Å²) in [5, 5.41) is 2.77. The molecule has 138 valence electrons. The van der Waals surface area contributed by atoms with Crippen LogP contribution in [0, 0.1) is 0 Å². The largest absolute Gasteiger partial charge is 1.00 e. The van der Waals surface area contributed by atoms with Crippen LogP contribution in [-0.4, -0.2) is 5.43 Å². The predicted molar refractivity (Wildman–Crippen MR) is 106 cm³/mol. The van der Waals surface area contributed by atoms with Gasteiger partial charge in [0.15, 0.2) is 0 Å². The van der Waals surface area contributed by atoms with Crippen LogP contribution in [0.5, 0.6) is 0 Å². The molecule has 0 spiro atoms. The zero-order chi connectivity index (χ0) is 17.7. The molecule has 0 N–H and O–H groups in total. The SMILES string of the molecule is CCc1cc2c(-c3ccccc3)cc(C(C)C)cc2[cH-]1.C[Si](C)=[Zr+2].[Cl-].[Cl-]. The molecular weight excluding hydrogens is 454 g/mol. The zero-order valence-corrected chi connectivity index (χ0v) is 21.2. The Hall–Kier alpha value is -0.270. The quantitative estimate of drug-likeness (QED) is 0.382. The molecule has 0 saturated heterocycles. The molecule has 0 radical (unpaired) electrons. The molecule has 0 nitrogen and oxygen atoms in total. The molecule has 0 amide bonds. The van der Waals surface area contributed by atoms with Gasteiger partial charge >= 0.3 is 41.9 Å². The second-order valence-electron chi connectivity index (χ2n) is 6.81. The fourth-order valence-electron chi connectivity index (χ4n) is 2.80. The van der Waals surface area contributed by atoms with Crippen molar-refractivity contribution in [3.8, 4) is 11.1 Å². The van der Waals surface area contributed by atoms with E-state index in [2.05, 4.69) is 88.5 Å². The van der Waals surface area contributed by atoms with Gasteiger partial charge in [-0.15, -0.1) is 28.5 Å². The Balaban J connectivity index is 0.000000951. The maximum atomic E-state index is 2.36. The number of hydrogen-bond acceptors (Lipinski definition) is 0. The van der Waals surface area contributed by atoms with Crippen LogP contribution >= 0.6 is 0 Å². The van der Waals surface area contributed by atoms with E-state index in [-0.39, 0.29) is 30.2 Å². The number of aryl methyl sites for hydroxylation is 1. The van der Waals surface area contributed by atoms with Crippen molar-refractivity contribution < 1.29 is 48.1 Å². The third kappa shape index (κ3) is 7.04. The van der Waals surface area contributed by atoms with Gasteiger partial charge < -0.3 is 24.8 Å². The van der Waals surface area contributed by atoms with Gasteiger partial charge in [-0.05, 0) is 17.9 Å². The summed E-state index contributed by atoms with van der Waals surface area (Å²) in [4.78, 5) is 0. The summed E-state index contributed by atoms with van der Waals surface area (Å²) in [5.74, 6) is 0.557. The summed E-state index contributed by atoms with van der Waals surface area (Å²) in [6.45, 7) is 11.4. The van der Waals surface area contributed by atoms with Crippen molar-refractivity contribution in [2.75, 3.05) is 0 Å². The van der Waals surface area contributed by atoms with E-state index < -0.39 is 0 Å². The molecule has 0 aliphatic heterocycles. The molecule has 0 aromatic heterocycles. The maximum absolute atomic E-state index is 2.36. The maximum Gasteiger partial charge on any atom is -1.00 e. The van der Waals surface area contributed by atoms with Crippen molar-refractivity contribution >= 4 is 16.2 Å². The summed E-state index contributed by atoms with van der Waals surface area (Å²) in [6.07, 6.45) is 1.10. The summed E-state index contributed by atoms with van der Waals surface area (Å²) in [5.41, 5.74) is 5.74. The van der Waals surface area contributed by atoms with Gasteiger partial charge in [-0.25, -0.2) is 0 Å². The molecule has 0 bridgehead atoms. The minimum atomic E-state index is 0. The average molecular weight is 482 g/mol. The molecule has 0 heterocycles. The average Bonchev–Trinajstić information content (AvgIpc) is 2.97. The molecule has 26 heavy (non-hydrogen) atoms. The van der Waals surface area contributed by atoms with Crippen molar-refractivity contribution in [3.63, 3.8) is 0 Å². The number of fused-ring (bicyclic) bond motifs is 1. The molecular formula is C22H27Cl2SiZr-. The monoisotopic (exact) mass is 479 g/mol. The van der Waals surface area contributed by atoms with E-state index in [0.717, 1.165) is 6.42 Å². The van der Waals surface area contributed by atoms with Gasteiger partial charge in [0.2, 0.25) is 0 Å². The normalized spacial score (nSPS) is 9.85. The van der Waals surface area contributed by atoms with Crippen molar-refractivity contribution in [2.24, 2.45) is 0 Å². The number of hydrogen-bond donors (Lipinski definition) is 0. The molecule has 0 unspecified atom stereocenters. The second-order valence-corrected chi connectivity index (χ2v) is 16.2. The van der Waals surface area contributed by atoms with Crippen LogP contribution in [-0.2, 0) is 29.8 Å². The fraction of sp³-hybridized carbons (Fsp3) is 0.318. The summed E-state index contributed by atoms with van der Waals surface area (Å²) in [6, 6.07) is 20.1. The second kappa shape index (κ2) is 12.2. The Labute approximate surface area is 186 Å². The number of halogens is 2. The molecule has 0 saturated carbocycles. The van der Waals surface area contributed by atoms with Gasteiger partial charge in [0.25, 0.3) is 0 Å². The minimum Gasteiger partial charge on any atom is -1.00 e. The van der Waals surface area contributed by atoms with Crippen molar-refractivity contribution in [3.05, 3.63) is 65.7 Å². The third-order valence-electron chi connectivity index (χ3n) is 4.06. The van der Waals surface area contributed by atoms with Gasteiger partial charge in [0.1, 0.15) is 0 Å². The molecule has 4 heteroatoms. The van der Waals surface area contributed by atoms with Gasteiger partial charge in [0, 0.05) is 0 Å². The Morgan fingerprint density at radius 1 is 1.00 bits per heavy atom. The standard InChI is InChI=1S/C20H21.C2H6Si.2ClH.Zr/c1-4-15-10-18-12-17(14(2)3)13-20(19(18)11-15)16-8-6-5-7-9-16;1-3-2;;;/h5-14H,4H2,1-3H3;1-2H3;2*1H;/q-1;;;;+2/p-2. The molecule has 0 atom stereocenters. The van der Waals surface area contributed by atoms with E-state index >= 15 is 0 Å². The summed E-state index contributed by atoms with van der Waals surface area (Å²) < 4.78 is 0. The Kier molecular flexibility index (Phi) is 12.1. The van der Waals surface area contributed by atoms with Crippen LogP contribution in [0.4, 0.5) is 0 Å². The van der Waals surface area contributed by atoms with Crippen molar-refractivity contribution in [2.45, 2.75) is 46.2 Å². The zero-order valence-electron chi connectivity index (χ0n) is 16.2. The van der Waals surface area contributed by atoms with Gasteiger partial charge in [0.05, 0.1) is 0 Å². The minimum absolute atomic E-state index is 0. The molecule has 3 aromatic rings. The summed E-state index contributed by atoms with van der Waals surface area (Å²) in [7, 11) is 0. The number of benzene rings is 2. The molecule has 0 aliphatic rings. The van der Waals surface area contributed by atoms with E-state index in [1.807, 2.05) is 0 Å². The predicted octanol–water partition coefficient (Wildman–Crippen LogP) is 0.704. The Morgan fingerprint density at radius 3 is 2.08 bits per heavy atom. The first-order valence-electron chi connectivity index (χ1n) is 8.72. The van der Waals surface area contributed by atoms with E-state index in [4.69, 9.17) is 0 Å².